The first-order valence-corrected chi connectivity index (χ1v) is 7.69. The van der Waals surface area contributed by atoms with Crippen LogP contribution in [0.2, 0.25) is 5.02 Å². The first-order chi connectivity index (χ1) is 10.6. The Hall–Kier alpha value is -2.37. The van der Waals surface area contributed by atoms with Crippen molar-refractivity contribution in [3.8, 4) is 0 Å². The molecule has 2 amide bonds. The van der Waals surface area contributed by atoms with Gasteiger partial charge in [0.1, 0.15) is 0 Å². The molecule has 0 spiro atoms. The van der Waals surface area contributed by atoms with Crippen LogP contribution in [-0.4, -0.2) is 11.8 Å². The minimum absolute atomic E-state index is 0.108. The lowest BCUT2D eigenvalue weighted by Gasteiger charge is -2.10. The number of carbonyl (C=O) groups excluding carboxylic acids is 2. The molecule has 2 aromatic carbocycles. The summed E-state index contributed by atoms with van der Waals surface area (Å²) < 4.78 is 1.02. The van der Waals surface area contributed by atoms with Crippen molar-refractivity contribution in [3.05, 3.63) is 64.0 Å². The van der Waals surface area contributed by atoms with Gasteiger partial charge in [0.15, 0.2) is 0 Å². The number of fused-ring (bicyclic) bond motifs is 1. The van der Waals surface area contributed by atoms with Crippen LogP contribution in [-0.2, 0) is 0 Å². The highest BCUT2D eigenvalue weighted by atomic mass is 35.5. The number of hydrogen-bond acceptors (Lipinski definition) is 3. The van der Waals surface area contributed by atoms with Gasteiger partial charge in [-0.2, -0.15) is 0 Å². The number of rotatable bonds is 3. The van der Waals surface area contributed by atoms with Crippen molar-refractivity contribution in [2.75, 3.05) is 5.32 Å². The molecule has 0 radical (unpaired) electrons. The van der Waals surface area contributed by atoms with Crippen LogP contribution in [0.1, 0.15) is 20.7 Å². The van der Waals surface area contributed by atoms with Crippen molar-refractivity contribution in [2.24, 2.45) is 5.73 Å². The summed E-state index contributed by atoms with van der Waals surface area (Å²) in [6, 6.07) is 12.4. The van der Waals surface area contributed by atoms with E-state index in [2.05, 4.69) is 5.32 Å². The molecular formula is C16H11ClN2O2S. The second kappa shape index (κ2) is 5.79. The van der Waals surface area contributed by atoms with Crippen LogP contribution in [0, 0.1) is 0 Å². The maximum Gasteiger partial charge on any atom is 0.257 e. The average molecular weight is 331 g/mol. The number of anilines is 1. The number of halogens is 1. The lowest BCUT2D eigenvalue weighted by Crippen LogP contribution is -2.18. The molecule has 3 rings (SSSR count). The number of hydrogen-bond donors (Lipinski definition) is 2. The van der Waals surface area contributed by atoms with Gasteiger partial charge in [-0.3, -0.25) is 9.59 Å². The lowest BCUT2D eigenvalue weighted by atomic mass is 10.1. The lowest BCUT2D eigenvalue weighted by molar-refractivity contribution is 0.100. The maximum absolute atomic E-state index is 12.5. The summed E-state index contributed by atoms with van der Waals surface area (Å²) in [4.78, 5) is 24.0. The van der Waals surface area contributed by atoms with Crippen LogP contribution in [0.4, 0.5) is 5.69 Å². The Morgan fingerprint density at radius 3 is 2.64 bits per heavy atom. The Bertz CT molecular complexity index is 889. The van der Waals surface area contributed by atoms with Crippen molar-refractivity contribution in [3.63, 3.8) is 0 Å². The number of amides is 2. The molecule has 3 aromatic rings. The quantitative estimate of drug-likeness (QED) is 0.764. The minimum Gasteiger partial charge on any atom is -0.365 e. The number of benzene rings is 2. The fraction of sp³-hybridized carbons (Fsp3) is 0. The summed E-state index contributed by atoms with van der Waals surface area (Å²) in [6.07, 6.45) is 0. The Balaban J connectivity index is 1.99. The molecule has 0 bridgehead atoms. The largest absolute Gasteiger partial charge is 0.365 e. The molecule has 0 saturated heterocycles. The van der Waals surface area contributed by atoms with Crippen LogP contribution in [0.3, 0.4) is 0 Å². The number of carbonyl (C=O) groups is 2. The van der Waals surface area contributed by atoms with E-state index in [1.165, 1.54) is 11.3 Å². The number of thiophene rings is 1. The molecule has 0 saturated carbocycles. The van der Waals surface area contributed by atoms with Crippen molar-refractivity contribution in [1.29, 1.82) is 0 Å². The molecule has 6 heteroatoms. The van der Waals surface area contributed by atoms with Crippen molar-refractivity contribution < 1.29 is 9.59 Å². The molecule has 0 unspecified atom stereocenters. The van der Waals surface area contributed by atoms with Crippen LogP contribution < -0.4 is 11.1 Å². The normalized spacial score (nSPS) is 10.6. The summed E-state index contributed by atoms with van der Waals surface area (Å²) in [5, 5.41) is 5.57. The molecule has 110 valence electrons. The second-order valence-corrected chi connectivity index (χ2v) is 5.94. The first kappa shape index (κ1) is 14.6. The SMILES string of the molecule is NC(=O)c1c(Cl)cccc1NC(=O)c1csc2ccccc12. The third kappa shape index (κ3) is 2.56. The number of nitrogens with one attached hydrogen (secondary N) is 1. The van der Waals surface area contributed by atoms with Gasteiger partial charge in [0.05, 0.1) is 21.8 Å². The topological polar surface area (TPSA) is 72.2 Å². The number of primary amides is 1. The second-order valence-electron chi connectivity index (χ2n) is 4.63. The summed E-state index contributed by atoms with van der Waals surface area (Å²) in [6.45, 7) is 0. The van der Waals surface area contributed by atoms with Gasteiger partial charge in [-0.25, -0.2) is 0 Å². The smallest absolute Gasteiger partial charge is 0.257 e. The van der Waals surface area contributed by atoms with Crippen molar-refractivity contribution in [1.82, 2.24) is 0 Å². The Kier molecular flexibility index (Phi) is 3.83. The van der Waals surface area contributed by atoms with Crippen LogP contribution in [0.25, 0.3) is 10.1 Å². The molecule has 22 heavy (non-hydrogen) atoms. The Labute approximate surface area is 135 Å². The monoisotopic (exact) mass is 330 g/mol. The van der Waals surface area contributed by atoms with E-state index in [0.717, 1.165) is 10.1 Å². The average Bonchev–Trinajstić information content (AvgIpc) is 2.90. The third-order valence-corrected chi connectivity index (χ3v) is 4.51. The van der Waals surface area contributed by atoms with E-state index in [1.807, 2.05) is 24.3 Å². The van der Waals surface area contributed by atoms with Gasteiger partial charge in [0, 0.05) is 15.5 Å². The fourth-order valence-electron chi connectivity index (χ4n) is 2.22. The minimum atomic E-state index is -0.684. The summed E-state index contributed by atoms with van der Waals surface area (Å²) >= 11 is 7.47. The molecule has 0 aliphatic carbocycles. The Morgan fingerprint density at radius 2 is 1.86 bits per heavy atom. The molecule has 3 N–H and O–H groups in total. The van der Waals surface area contributed by atoms with Gasteiger partial charge >= 0.3 is 0 Å². The van der Waals surface area contributed by atoms with Gasteiger partial charge in [-0.15, -0.1) is 11.3 Å². The third-order valence-electron chi connectivity index (χ3n) is 3.23. The first-order valence-electron chi connectivity index (χ1n) is 6.44. The zero-order chi connectivity index (χ0) is 15.7. The van der Waals surface area contributed by atoms with Gasteiger partial charge in [-0.05, 0) is 18.2 Å². The van der Waals surface area contributed by atoms with E-state index in [1.54, 1.807) is 23.6 Å². The fourth-order valence-corrected chi connectivity index (χ4v) is 3.43. The molecular weight excluding hydrogens is 320 g/mol. The van der Waals surface area contributed by atoms with E-state index in [9.17, 15) is 9.59 Å². The van der Waals surface area contributed by atoms with Gasteiger partial charge in [0.25, 0.3) is 11.8 Å². The molecule has 0 atom stereocenters. The molecule has 0 fully saturated rings. The van der Waals surface area contributed by atoms with Gasteiger partial charge in [0.2, 0.25) is 0 Å². The highest BCUT2D eigenvalue weighted by Crippen LogP contribution is 2.28. The number of nitrogens with two attached hydrogens (primary N) is 1. The van der Waals surface area contributed by atoms with E-state index in [-0.39, 0.29) is 16.5 Å². The highest BCUT2D eigenvalue weighted by Gasteiger charge is 2.17. The van der Waals surface area contributed by atoms with E-state index >= 15 is 0 Å². The van der Waals surface area contributed by atoms with Gasteiger partial charge < -0.3 is 11.1 Å². The predicted molar refractivity (Wildman–Crippen MR) is 89.7 cm³/mol. The molecule has 0 aliphatic heterocycles. The zero-order valence-corrected chi connectivity index (χ0v) is 12.9. The van der Waals surface area contributed by atoms with Crippen LogP contribution in [0.15, 0.2) is 47.8 Å². The van der Waals surface area contributed by atoms with E-state index in [0.29, 0.717) is 11.3 Å². The predicted octanol–water partition coefficient (Wildman–Crippen LogP) is 3.91. The van der Waals surface area contributed by atoms with Crippen molar-refractivity contribution in [2.45, 2.75) is 0 Å². The standard InChI is InChI=1S/C16H11ClN2O2S/c17-11-5-3-6-12(14(11)15(18)20)19-16(21)10-8-22-13-7-2-1-4-9(10)13/h1-8H,(H2,18,20)(H,19,21). The molecule has 4 nitrogen and oxygen atoms in total. The summed E-state index contributed by atoms with van der Waals surface area (Å²) in [5.41, 5.74) is 6.29. The van der Waals surface area contributed by atoms with E-state index in [4.69, 9.17) is 17.3 Å². The summed E-state index contributed by atoms with van der Waals surface area (Å²) in [7, 11) is 0. The maximum atomic E-state index is 12.5. The molecule has 1 aromatic heterocycles. The van der Waals surface area contributed by atoms with Crippen LogP contribution >= 0.6 is 22.9 Å². The Morgan fingerprint density at radius 1 is 1.09 bits per heavy atom. The zero-order valence-electron chi connectivity index (χ0n) is 11.3. The highest BCUT2D eigenvalue weighted by molar-refractivity contribution is 7.17. The molecule has 1 heterocycles. The van der Waals surface area contributed by atoms with Crippen molar-refractivity contribution >= 4 is 50.5 Å². The molecule has 0 aliphatic rings. The van der Waals surface area contributed by atoms with Crippen LogP contribution in [0.5, 0.6) is 0 Å². The van der Waals surface area contributed by atoms with E-state index < -0.39 is 5.91 Å². The summed E-state index contributed by atoms with van der Waals surface area (Å²) in [5.74, 6) is -0.988. The van der Waals surface area contributed by atoms with Gasteiger partial charge in [-0.1, -0.05) is 35.9 Å².